The quantitative estimate of drug-likeness (QED) is 0.870. The van der Waals surface area contributed by atoms with Crippen LogP contribution in [-0.2, 0) is 10.0 Å². The Morgan fingerprint density at radius 1 is 1.32 bits per heavy atom. The molecule has 1 saturated carbocycles. The summed E-state index contributed by atoms with van der Waals surface area (Å²) in [6.45, 7) is 2.76. The van der Waals surface area contributed by atoms with Gasteiger partial charge in [-0.2, -0.15) is 0 Å². The van der Waals surface area contributed by atoms with Gasteiger partial charge in [-0.25, -0.2) is 18.1 Å². The highest BCUT2D eigenvalue weighted by Gasteiger charge is 2.21. The number of halogens is 1. The van der Waals surface area contributed by atoms with Crippen molar-refractivity contribution in [3.05, 3.63) is 23.5 Å². The molecule has 0 atom stereocenters. The Morgan fingerprint density at radius 2 is 2.00 bits per heavy atom. The molecule has 1 heterocycles. The maximum Gasteiger partial charge on any atom is 0.242 e. The summed E-state index contributed by atoms with van der Waals surface area (Å²) in [5, 5.41) is 0.292. The van der Waals surface area contributed by atoms with E-state index in [2.05, 4.69) is 16.6 Å². The third-order valence-corrected chi connectivity index (χ3v) is 5.34. The zero-order valence-corrected chi connectivity index (χ0v) is 12.5. The van der Waals surface area contributed by atoms with Crippen molar-refractivity contribution in [2.24, 2.45) is 11.8 Å². The second-order valence-electron chi connectivity index (χ2n) is 5.29. The first-order chi connectivity index (χ1) is 8.97. The molecule has 1 N–H and O–H groups in total. The Balaban J connectivity index is 1.92. The largest absolute Gasteiger partial charge is 0.243 e. The summed E-state index contributed by atoms with van der Waals surface area (Å²) in [4.78, 5) is 3.96. The number of rotatable bonds is 4. The zero-order chi connectivity index (χ0) is 13.9. The summed E-state index contributed by atoms with van der Waals surface area (Å²) in [6.07, 6.45) is 5.86. The fourth-order valence-electron chi connectivity index (χ4n) is 2.37. The second kappa shape index (κ2) is 6.20. The lowest BCUT2D eigenvalue weighted by Gasteiger charge is -2.26. The van der Waals surface area contributed by atoms with Crippen LogP contribution in [0.4, 0.5) is 0 Å². The summed E-state index contributed by atoms with van der Waals surface area (Å²) in [7, 11) is -3.46. The molecular weight excluding hydrogens is 284 g/mol. The van der Waals surface area contributed by atoms with Crippen molar-refractivity contribution in [2.45, 2.75) is 37.5 Å². The monoisotopic (exact) mass is 302 g/mol. The van der Waals surface area contributed by atoms with Crippen molar-refractivity contribution < 1.29 is 8.42 Å². The summed E-state index contributed by atoms with van der Waals surface area (Å²) in [5.74, 6) is 1.22. The van der Waals surface area contributed by atoms with Crippen LogP contribution < -0.4 is 4.72 Å². The zero-order valence-electron chi connectivity index (χ0n) is 11.0. The fourth-order valence-corrected chi connectivity index (χ4v) is 3.54. The van der Waals surface area contributed by atoms with Crippen LogP contribution in [0.5, 0.6) is 0 Å². The van der Waals surface area contributed by atoms with E-state index in [1.165, 1.54) is 31.2 Å². The van der Waals surface area contributed by atoms with E-state index >= 15 is 0 Å². The number of nitrogens with zero attached hydrogens (tertiary/aromatic N) is 1. The molecule has 0 unspecified atom stereocenters. The number of hydrogen-bond donors (Lipinski definition) is 1. The molecule has 1 aliphatic rings. The predicted molar refractivity (Wildman–Crippen MR) is 75.6 cm³/mol. The molecule has 1 aromatic heterocycles. The van der Waals surface area contributed by atoms with Crippen LogP contribution in [0.1, 0.15) is 32.6 Å². The van der Waals surface area contributed by atoms with E-state index in [9.17, 15) is 8.42 Å². The minimum absolute atomic E-state index is 0.168. The van der Waals surface area contributed by atoms with E-state index in [1.54, 1.807) is 0 Å². The fraction of sp³-hybridized carbons (Fsp3) is 0.615. The van der Waals surface area contributed by atoms with Gasteiger partial charge in [0.1, 0.15) is 10.0 Å². The van der Waals surface area contributed by atoms with Gasteiger partial charge in [0.15, 0.2) is 0 Å². The Bertz CT molecular complexity index is 508. The van der Waals surface area contributed by atoms with Crippen molar-refractivity contribution in [2.75, 3.05) is 6.54 Å². The number of hydrogen-bond acceptors (Lipinski definition) is 3. The molecule has 2 rings (SSSR count). The number of pyridine rings is 1. The SMILES string of the molecule is CC1CCC(CNS(=O)(=O)c2ccc(Cl)nc2)CC1. The first-order valence-electron chi connectivity index (χ1n) is 6.58. The third kappa shape index (κ3) is 4.16. The second-order valence-corrected chi connectivity index (χ2v) is 7.45. The van der Waals surface area contributed by atoms with Gasteiger partial charge in [0, 0.05) is 12.7 Å². The van der Waals surface area contributed by atoms with Gasteiger partial charge < -0.3 is 0 Å². The lowest BCUT2D eigenvalue weighted by atomic mass is 9.83. The van der Waals surface area contributed by atoms with Crippen LogP contribution in [-0.4, -0.2) is 19.9 Å². The Kier molecular flexibility index (Phi) is 4.81. The van der Waals surface area contributed by atoms with E-state index < -0.39 is 10.0 Å². The van der Waals surface area contributed by atoms with E-state index in [-0.39, 0.29) is 4.90 Å². The molecule has 0 radical (unpaired) electrons. The average molecular weight is 303 g/mol. The number of sulfonamides is 1. The van der Waals surface area contributed by atoms with Crippen molar-refractivity contribution in [3.8, 4) is 0 Å². The minimum atomic E-state index is -3.46. The maximum absolute atomic E-state index is 12.1. The third-order valence-electron chi connectivity index (χ3n) is 3.71. The normalized spacial score (nSPS) is 24.3. The average Bonchev–Trinajstić information content (AvgIpc) is 2.39. The summed E-state index contributed by atoms with van der Waals surface area (Å²) >= 11 is 5.65. The van der Waals surface area contributed by atoms with Gasteiger partial charge in [-0.05, 0) is 36.8 Å². The van der Waals surface area contributed by atoms with Crippen LogP contribution in [0.3, 0.4) is 0 Å². The van der Waals surface area contributed by atoms with Gasteiger partial charge in [0.25, 0.3) is 0 Å². The highest BCUT2D eigenvalue weighted by Crippen LogP contribution is 2.28. The maximum atomic E-state index is 12.1. The molecule has 0 aliphatic heterocycles. The molecule has 1 aliphatic carbocycles. The van der Waals surface area contributed by atoms with Gasteiger partial charge in [0.2, 0.25) is 10.0 Å². The molecule has 1 aromatic rings. The number of nitrogens with one attached hydrogen (secondary N) is 1. The van der Waals surface area contributed by atoms with Crippen molar-refractivity contribution in [1.29, 1.82) is 0 Å². The van der Waals surface area contributed by atoms with Crippen molar-refractivity contribution in [1.82, 2.24) is 9.71 Å². The molecule has 6 heteroatoms. The Morgan fingerprint density at radius 3 is 2.58 bits per heavy atom. The van der Waals surface area contributed by atoms with Gasteiger partial charge in [0.05, 0.1) is 0 Å². The first kappa shape index (κ1) is 14.8. The van der Waals surface area contributed by atoms with Crippen LogP contribution in [0.15, 0.2) is 23.2 Å². The molecule has 0 aromatic carbocycles. The van der Waals surface area contributed by atoms with Crippen molar-refractivity contribution in [3.63, 3.8) is 0 Å². The molecule has 1 fully saturated rings. The molecule has 4 nitrogen and oxygen atoms in total. The highest BCUT2D eigenvalue weighted by molar-refractivity contribution is 7.89. The number of aromatic nitrogens is 1. The van der Waals surface area contributed by atoms with E-state index in [4.69, 9.17) is 11.6 Å². The summed E-state index contributed by atoms with van der Waals surface area (Å²) < 4.78 is 26.8. The summed E-state index contributed by atoms with van der Waals surface area (Å²) in [6, 6.07) is 2.96. The standard InChI is InChI=1S/C13H19ClN2O2S/c1-10-2-4-11(5-3-10)8-16-19(17,18)12-6-7-13(14)15-9-12/h6-7,9-11,16H,2-5,8H2,1H3. The van der Waals surface area contributed by atoms with E-state index in [1.807, 2.05) is 0 Å². The van der Waals surface area contributed by atoms with Crippen LogP contribution in [0, 0.1) is 11.8 Å². The van der Waals surface area contributed by atoms with Gasteiger partial charge in [-0.3, -0.25) is 0 Å². The Labute approximate surface area is 119 Å². The summed E-state index contributed by atoms with van der Waals surface area (Å²) in [5.41, 5.74) is 0. The van der Waals surface area contributed by atoms with Crippen molar-refractivity contribution >= 4 is 21.6 Å². The Hall–Kier alpha value is -0.650. The van der Waals surface area contributed by atoms with Crippen LogP contribution >= 0.6 is 11.6 Å². The van der Waals surface area contributed by atoms with Crippen LogP contribution in [0.25, 0.3) is 0 Å². The lowest BCUT2D eigenvalue weighted by molar-refractivity contribution is 0.290. The highest BCUT2D eigenvalue weighted by atomic mass is 35.5. The molecule has 0 saturated heterocycles. The molecule has 0 spiro atoms. The predicted octanol–water partition coefficient (Wildman–Crippen LogP) is 2.84. The van der Waals surface area contributed by atoms with E-state index in [0.29, 0.717) is 17.6 Å². The van der Waals surface area contributed by atoms with E-state index in [0.717, 1.165) is 18.8 Å². The molecule has 19 heavy (non-hydrogen) atoms. The molecule has 0 bridgehead atoms. The lowest BCUT2D eigenvalue weighted by Crippen LogP contribution is -2.31. The van der Waals surface area contributed by atoms with Gasteiger partial charge in [-0.15, -0.1) is 0 Å². The molecule has 106 valence electrons. The minimum Gasteiger partial charge on any atom is -0.243 e. The molecule has 0 amide bonds. The topological polar surface area (TPSA) is 59.1 Å². The van der Waals surface area contributed by atoms with Gasteiger partial charge >= 0.3 is 0 Å². The first-order valence-corrected chi connectivity index (χ1v) is 8.45. The van der Waals surface area contributed by atoms with Gasteiger partial charge in [-0.1, -0.05) is 31.4 Å². The smallest absolute Gasteiger partial charge is 0.242 e. The van der Waals surface area contributed by atoms with Crippen LogP contribution in [0.2, 0.25) is 5.15 Å². The molecular formula is C13H19ClN2O2S.